The first-order chi connectivity index (χ1) is 10.3. The summed E-state index contributed by atoms with van der Waals surface area (Å²) in [7, 11) is 0. The monoisotopic (exact) mass is 286 g/mol. The summed E-state index contributed by atoms with van der Waals surface area (Å²) in [5, 5.41) is 6.51. The Labute approximate surface area is 127 Å². The molecular weight excluding hydrogens is 260 g/mol. The lowest BCUT2D eigenvalue weighted by Crippen LogP contribution is -2.41. The maximum absolute atomic E-state index is 12.0. The van der Waals surface area contributed by atoms with Crippen molar-refractivity contribution in [1.82, 2.24) is 10.6 Å². The van der Waals surface area contributed by atoms with E-state index in [2.05, 4.69) is 34.9 Å². The van der Waals surface area contributed by atoms with Crippen LogP contribution in [0.4, 0.5) is 0 Å². The van der Waals surface area contributed by atoms with Crippen LogP contribution in [0, 0.1) is 0 Å². The van der Waals surface area contributed by atoms with Crippen LogP contribution >= 0.6 is 0 Å². The fourth-order valence-corrected chi connectivity index (χ4v) is 3.61. The number of carbonyl (C=O) groups excluding carboxylic acids is 1. The Bertz CT molecular complexity index is 478. The first-order valence-corrected chi connectivity index (χ1v) is 8.41. The van der Waals surface area contributed by atoms with E-state index < -0.39 is 0 Å². The predicted octanol–water partition coefficient (Wildman–Crippen LogP) is 2.75. The maximum Gasteiger partial charge on any atom is 0.234 e. The number of amides is 1. The van der Waals surface area contributed by atoms with Gasteiger partial charge in [0.1, 0.15) is 0 Å². The summed E-state index contributed by atoms with van der Waals surface area (Å²) in [5.41, 5.74) is 2.92. The third kappa shape index (κ3) is 3.85. The molecule has 0 heterocycles. The zero-order valence-corrected chi connectivity index (χ0v) is 12.7. The van der Waals surface area contributed by atoms with Gasteiger partial charge >= 0.3 is 0 Å². The molecule has 114 valence electrons. The molecule has 1 amide bonds. The Morgan fingerprint density at radius 2 is 1.86 bits per heavy atom. The summed E-state index contributed by atoms with van der Waals surface area (Å²) < 4.78 is 0. The highest BCUT2D eigenvalue weighted by Crippen LogP contribution is 2.33. The number of nitrogens with one attached hydrogen (secondary N) is 2. The zero-order chi connectivity index (χ0) is 14.5. The highest BCUT2D eigenvalue weighted by molar-refractivity contribution is 5.78. The molecule has 3 heteroatoms. The molecule has 3 rings (SSSR count). The molecule has 21 heavy (non-hydrogen) atoms. The van der Waals surface area contributed by atoms with Gasteiger partial charge in [0.2, 0.25) is 5.91 Å². The SMILES string of the molecule is O=C(CNCC1Cc2ccccc21)NC1CCCCCC1. The topological polar surface area (TPSA) is 41.1 Å². The second-order valence-electron chi connectivity index (χ2n) is 6.49. The lowest BCUT2D eigenvalue weighted by atomic mass is 9.77. The van der Waals surface area contributed by atoms with E-state index in [9.17, 15) is 4.79 Å². The Hall–Kier alpha value is -1.35. The molecule has 1 fully saturated rings. The van der Waals surface area contributed by atoms with Crippen molar-refractivity contribution < 1.29 is 4.79 Å². The molecule has 0 saturated heterocycles. The normalized spacial score (nSPS) is 22.0. The van der Waals surface area contributed by atoms with Crippen LogP contribution in [0.1, 0.15) is 55.6 Å². The molecule has 1 saturated carbocycles. The summed E-state index contributed by atoms with van der Waals surface area (Å²) in [5.74, 6) is 0.751. The third-order valence-electron chi connectivity index (χ3n) is 4.86. The van der Waals surface area contributed by atoms with E-state index in [0.29, 0.717) is 18.5 Å². The number of rotatable bonds is 5. The predicted molar refractivity (Wildman–Crippen MR) is 85.4 cm³/mol. The Morgan fingerprint density at radius 3 is 2.62 bits per heavy atom. The molecule has 0 spiro atoms. The lowest BCUT2D eigenvalue weighted by Gasteiger charge is -2.30. The van der Waals surface area contributed by atoms with E-state index in [-0.39, 0.29) is 5.91 Å². The molecule has 2 aliphatic carbocycles. The Balaban J connectivity index is 1.35. The largest absolute Gasteiger partial charge is 0.352 e. The van der Waals surface area contributed by atoms with Crippen molar-refractivity contribution in [2.75, 3.05) is 13.1 Å². The van der Waals surface area contributed by atoms with Gasteiger partial charge in [-0.15, -0.1) is 0 Å². The summed E-state index contributed by atoms with van der Waals surface area (Å²) in [4.78, 5) is 12.0. The van der Waals surface area contributed by atoms with Gasteiger partial charge in [-0.25, -0.2) is 0 Å². The van der Waals surface area contributed by atoms with Gasteiger partial charge in [-0.3, -0.25) is 4.79 Å². The summed E-state index contributed by atoms with van der Waals surface area (Å²) in [6, 6.07) is 9.01. The Morgan fingerprint density at radius 1 is 1.10 bits per heavy atom. The molecule has 3 nitrogen and oxygen atoms in total. The van der Waals surface area contributed by atoms with E-state index in [1.54, 1.807) is 0 Å². The van der Waals surface area contributed by atoms with Crippen LogP contribution in [0.25, 0.3) is 0 Å². The fourth-order valence-electron chi connectivity index (χ4n) is 3.61. The minimum atomic E-state index is 0.162. The van der Waals surface area contributed by atoms with Crippen LogP contribution in [0.5, 0.6) is 0 Å². The summed E-state index contributed by atoms with van der Waals surface area (Å²) >= 11 is 0. The van der Waals surface area contributed by atoms with E-state index in [0.717, 1.165) is 25.8 Å². The Kier molecular flexibility index (Phi) is 4.91. The lowest BCUT2D eigenvalue weighted by molar-refractivity contribution is -0.121. The minimum absolute atomic E-state index is 0.162. The highest BCUT2D eigenvalue weighted by atomic mass is 16.1. The van der Waals surface area contributed by atoms with Crippen molar-refractivity contribution >= 4 is 5.91 Å². The van der Waals surface area contributed by atoms with Gasteiger partial charge < -0.3 is 10.6 Å². The molecule has 0 aliphatic heterocycles. The van der Waals surface area contributed by atoms with Crippen LogP contribution in [0.2, 0.25) is 0 Å². The van der Waals surface area contributed by atoms with E-state index in [4.69, 9.17) is 0 Å². The van der Waals surface area contributed by atoms with Crippen LogP contribution in [0.15, 0.2) is 24.3 Å². The number of fused-ring (bicyclic) bond motifs is 1. The second-order valence-corrected chi connectivity index (χ2v) is 6.49. The van der Waals surface area contributed by atoms with Crippen molar-refractivity contribution in [2.45, 2.75) is 56.9 Å². The standard InChI is InChI=1S/C18H26N2O/c21-18(20-16-8-3-1-2-4-9-16)13-19-12-15-11-14-7-5-6-10-17(14)15/h5-7,10,15-16,19H,1-4,8-9,11-13H2,(H,20,21). The number of carbonyl (C=O) groups is 1. The summed E-state index contributed by atoms with van der Waals surface area (Å²) in [6.07, 6.45) is 8.63. The van der Waals surface area contributed by atoms with Crippen LogP contribution in [-0.2, 0) is 11.2 Å². The van der Waals surface area contributed by atoms with Crippen LogP contribution in [0.3, 0.4) is 0 Å². The highest BCUT2D eigenvalue weighted by Gasteiger charge is 2.24. The number of hydrogen-bond acceptors (Lipinski definition) is 2. The average molecular weight is 286 g/mol. The van der Waals surface area contributed by atoms with Crippen molar-refractivity contribution in [3.63, 3.8) is 0 Å². The van der Waals surface area contributed by atoms with Gasteiger partial charge in [-0.1, -0.05) is 49.9 Å². The minimum Gasteiger partial charge on any atom is -0.352 e. The van der Waals surface area contributed by atoms with Crippen LogP contribution < -0.4 is 10.6 Å². The van der Waals surface area contributed by atoms with Gasteiger partial charge in [0.25, 0.3) is 0 Å². The molecule has 1 aromatic carbocycles. The first-order valence-electron chi connectivity index (χ1n) is 8.41. The second kappa shape index (κ2) is 7.08. The number of benzene rings is 1. The van der Waals surface area contributed by atoms with Crippen molar-refractivity contribution in [3.8, 4) is 0 Å². The van der Waals surface area contributed by atoms with E-state index in [1.165, 1.54) is 36.8 Å². The fraction of sp³-hybridized carbons (Fsp3) is 0.611. The molecule has 2 aliphatic rings. The average Bonchev–Trinajstić information content (AvgIpc) is 2.72. The molecule has 1 aromatic rings. The smallest absolute Gasteiger partial charge is 0.234 e. The van der Waals surface area contributed by atoms with Crippen molar-refractivity contribution in [1.29, 1.82) is 0 Å². The van der Waals surface area contributed by atoms with Gasteiger partial charge in [-0.05, 0) is 30.4 Å². The van der Waals surface area contributed by atoms with Crippen LogP contribution in [-0.4, -0.2) is 25.0 Å². The van der Waals surface area contributed by atoms with Crippen molar-refractivity contribution in [2.24, 2.45) is 0 Å². The van der Waals surface area contributed by atoms with Crippen molar-refractivity contribution in [3.05, 3.63) is 35.4 Å². The summed E-state index contributed by atoms with van der Waals surface area (Å²) in [6.45, 7) is 1.37. The van der Waals surface area contributed by atoms with E-state index in [1.807, 2.05) is 0 Å². The molecule has 2 N–H and O–H groups in total. The molecular formula is C18H26N2O. The third-order valence-corrected chi connectivity index (χ3v) is 4.86. The van der Waals surface area contributed by atoms with E-state index >= 15 is 0 Å². The van der Waals surface area contributed by atoms with Gasteiger partial charge in [-0.2, -0.15) is 0 Å². The molecule has 0 aromatic heterocycles. The zero-order valence-electron chi connectivity index (χ0n) is 12.7. The maximum atomic E-state index is 12.0. The molecule has 0 radical (unpaired) electrons. The molecule has 0 bridgehead atoms. The first kappa shape index (κ1) is 14.6. The number of hydrogen-bond donors (Lipinski definition) is 2. The van der Waals surface area contributed by atoms with Gasteiger partial charge in [0.05, 0.1) is 6.54 Å². The quantitative estimate of drug-likeness (QED) is 0.817. The molecule has 1 unspecified atom stereocenters. The van der Waals surface area contributed by atoms with Gasteiger partial charge in [0.15, 0.2) is 0 Å². The van der Waals surface area contributed by atoms with Gasteiger partial charge in [0, 0.05) is 18.5 Å². The molecule has 1 atom stereocenters.